The Morgan fingerprint density at radius 2 is 1.86 bits per heavy atom. The van der Waals surface area contributed by atoms with Crippen LogP contribution in [-0.2, 0) is 4.79 Å². The third kappa shape index (κ3) is 2.27. The molecule has 0 amide bonds. The average molecular weight is 199 g/mol. The van der Waals surface area contributed by atoms with Crippen molar-refractivity contribution in [1.29, 1.82) is 0 Å². The summed E-state index contributed by atoms with van der Waals surface area (Å²) in [4.78, 5) is 11.0. The van der Waals surface area contributed by atoms with Crippen LogP contribution in [0.1, 0.15) is 46.0 Å². The predicted octanol–water partition coefficient (Wildman–Crippen LogP) is 2.00. The van der Waals surface area contributed by atoms with Crippen molar-refractivity contribution in [2.75, 3.05) is 0 Å². The maximum Gasteiger partial charge on any atom is 0.310 e. The fourth-order valence-corrected chi connectivity index (χ4v) is 2.23. The van der Waals surface area contributed by atoms with Crippen LogP contribution >= 0.6 is 0 Å². The molecule has 82 valence electrons. The van der Waals surface area contributed by atoms with E-state index in [1.807, 2.05) is 0 Å². The summed E-state index contributed by atoms with van der Waals surface area (Å²) in [6.07, 6.45) is 5.87. The molecule has 0 aromatic heterocycles. The molecule has 0 bridgehead atoms. The molecule has 0 aromatic rings. The monoisotopic (exact) mass is 199 g/mol. The van der Waals surface area contributed by atoms with Crippen molar-refractivity contribution in [1.82, 2.24) is 0 Å². The molecule has 3 nitrogen and oxygen atoms in total. The molecule has 0 saturated heterocycles. The smallest absolute Gasteiger partial charge is 0.310 e. The second-order valence-electron chi connectivity index (χ2n) is 4.95. The van der Waals surface area contributed by atoms with Crippen molar-refractivity contribution < 1.29 is 9.90 Å². The first kappa shape index (κ1) is 11.5. The number of carboxylic acids is 1. The minimum absolute atomic E-state index is 0.208. The molecule has 1 unspecified atom stereocenters. The Balaban J connectivity index is 2.62. The van der Waals surface area contributed by atoms with Crippen LogP contribution in [0.4, 0.5) is 0 Å². The molecule has 1 atom stereocenters. The molecular formula is C11H21NO2. The van der Waals surface area contributed by atoms with Crippen LogP contribution < -0.4 is 5.73 Å². The van der Waals surface area contributed by atoms with Gasteiger partial charge in [0.25, 0.3) is 0 Å². The van der Waals surface area contributed by atoms with E-state index in [1.54, 1.807) is 13.8 Å². The van der Waals surface area contributed by atoms with E-state index in [1.165, 1.54) is 19.3 Å². The number of rotatable bonds is 3. The van der Waals surface area contributed by atoms with Gasteiger partial charge in [-0.15, -0.1) is 0 Å². The molecule has 0 aromatic carbocycles. The standard InChI is InChI=1S/C11H21NO2/c1-11(2,10(13)14)9(12)8-6-4-3-5-7-8/h8-9H,3-7,12H2,1-2H3,(H,13,14). The van der Waals surface area contributed by atoms with Gasteiger partial charge in [-0.25, -0.2) is 0 Å². The molecule has 0 aliphatic heterocycles. The maximum absolute atomic E-state index is 11.0. The van der Waals surface area contributed by atoms with Gasteiger partial charge in [0.15, 0.2) is 0 Å². The lowest BCUT2D eigenvalue weighted by Crippen LogP contribution is -2.48. The number of carbonyl (C=O) groups is 1. The zero-order valence-corrected chi connectivity index (χ0v) is 9.12. The lowest BCUT2D eigenvalue weighted by molar-refractivity contribution is -0.149. The first-order valence-corrected chi connectivity index (χ1v) is 5.45. The van der Waals surface area contributed by atoms with Crippen LogP contribution in [-0.4, -0.2) is 17.1 Å². The molecule has 3 heteroatoms. The second kappa shape index (κ2) is 4.30. The highest BCUT2D eigenvalue weighted by Gasteiger charge is 2.39. The molecule has 1 aliphatic carbocycles. The summed E-state index contributed by atoms with van der Waals surface area (Å²) in [6, 6.07) is -0.208. The molecule has 0 spiro atoms. The molecule has 1 saturated carbocycles. The number of hydrogen-bond donors (Lipinski definition) is 2. The highest BCUT2D eigenvalue weighted by Crippen LogP contribution is 2.33. The van der Waals surface area contributed by atoms with Crippen molar-refractivity contribution in [3.8, 4) is 0 Å². The molecule has 1 aliphatic rings. The van der Waals surface area contributed by atoms with Gasteiger partial charge < -0.3 is 10.8 Å². The average Bonchev–Trinajstić information content (AvgIpc) is 2.17. The van der Waals surface area contributed by atoms with Crippen molar-refractivity contribution in [2.45, 2.75) is 52.0 Å². The maximum atomic E-state index is 11.0. The zero-order chi connectivity index (χ0) is 10.8. The number of hydrogen-bond acceptors (Lipinski definition) is 2. The van der Waals surface area contributed by atoms with Gasteiger partial charge in [-0.05, 0) is 32.6 Å². The molecule has 1 fully saturated rings. The van der Waals surface area contributed by atoms with Crippen molar-refractivity contribution in [2.24, 2.45) is 17.1 Å². The van der Waals surface area contributed by atoms with E-state index in [0.29, 0.717) is 5.92 Å². The summed E-state index contributed by atoms with van der Waals surface area (Å²) in [7, 11) is 0. The van der Waals surface area contributed by atoms with Crippen molar-refractivity contribution in [3.05, 3.63) is 0 Å². The predicted molar refractivity (Wildman–Crippen MR) is 56.0 cm³/mol. The van der Waals surface area contributed by atoms with Gasteiger partial charge in [0.2, 0.25) is 0 Å². The molecule has 14 heavy (non-hydrogen) atoms. The quantitative estimate of drug-likeness (QED) is 0.730. The van der Waals surface area contributed by atoms with Gasteiger partial charge in [-0.1, -0.05) is 19.3 Å². The minimum Gasteiger partial charge on any atom is -0.481 e. The zero-order valence-electron chi connectivity index (χ0n) is 9.12. The van der Waals surface area contributed by atoms with Gasteiger partial charge in [0, 0.05) is 6.04 Å². The Kier molecular flexibility index (Phi) is 3.53. The number of aliphatic carboxylic acids is 1. The normalized spacial score (nSPS) is 21.9. The van der Waals surface area contributed by atoms with Crippen LogP contribution in [0.15, 0.2) is 0 Å². The van der Waals surface area contributed by atoms with E-state index >= 15 is 0 Å². The van der Waals surface area contributed by atoms with E-state index in [2.05, 4.69) is 0 Å². The summed E-state index contributed by atoms with van der Waals surface area (Å²) in [5, 5.41) is 9.06. The number of carboxylic acid groups (broad SMARTS) is 1. The minimum atomic E-state index is -0.790. The van der Waals surface area contributed by atoms with Crippen LogP contribution in [0.3, 0.4) is 0 Å². The van der Waals surface area contributed by atoms with Crippen molar-refractivity contribution in [3.63, 3.8) is 0 Å². The van der Waals surface area contributed by atoms with Crippen molar-refractivity contribution >= 4 is 5.97 Å². The Morgan fingerprint density at radius 1 is 1.36 bits per heavy atom. The Labute approximate surface area is 85.7 Å². The van der Waals surface area contributed by atoms with Gasteiger partial charge in [-0.3, -0.25) is 4.79 Å². The lowest BCUT2D eigenvalue weighted by Gasteiger charge is -2.35. The third-order valence-corrected chi connectivity index (χ3v) is 3.54. The highest BCUT2D eigenvalue weighted by molar-refractivity contribution is 5.74. The van der Waals surface area contributed by atoms with Gasteiger partial charge in [-0.2, -0.15) is 0 Å². The molecule has 3 N–H and O–H groups in total. The van der Waals surface area contributed by atoms with E-state index in [9.17, 15) is 4.79 Å². The largest absolute Gasteiger partial charge is 0.481 e. The number of nitrogens with two attached hydrogens (primary N) is 1. The van der Waals surface area contributed by atoms with E-state index < -0.39 is 11.4 Å². The molecular weight excluding hydrogens is 178 g/mol. The fraction of sp³-hybridized carbons (Fsp3) is 0.909. The molecule has 1 rings (SSSR count). The van der Waals surface area contributed by atoms with E-state index in [-0.39, 0.29) is 6.04 Å². The summed E-state index contributed by atoms with van der Waals surface area (Å²) in [5.74, 6) is -0.384. The third-order valence-electron chi connectivity index (χ3n) is 3.54. The van der Waals surface area contributed by atoms with E-state index in [0.717, 1.165) is 12.8 Å². The Hall–Kier alpha value is -0.570. The first-order chi connectivity index (χ1) is 6.46. The first-order valence-electron chi connectivity index (χ1n) is 5.45. The van der Waals surface area contributed by atoms with Crippen LogP contribution in [0.2, 0.25) is 0 Å². The van der Waals surface area contributed by atoms with Crippen LogP contribution in [0, 0.1) is 11.3 Å². The van der Waals surface area contributed by atoms with E-state index in [4.69, 9.17) is 10.8 Å². The Morgan fingerprint density at radius 3 is 2.29 bits per heavy atom. The summed E-state index contributed by atoms with van der Waals surface area (Å²) in [5.41, 5.74) is 5.26. The van der Waals surface area contributed by atoms with Gasteiger partial charge in [0.1, 0.15) is 0 Å². The summed E-state index contributed by atoms with van der Waals surface area (Å²) >= 11 is 0. The topological polar surface area (TPSA) is 63.3 Å². The van der Waals surface area contributed by atoms with Crippen LogP contribution in [0.5, 0.6) is 0 Å². The molecule has 0 radical (unpaired) electrons. The SMILES string of the molecule is CC(C)(C(=O)O)C(N)C1CCCCC1. The van der Waals surface area contributed by atoms with Crippen LogP contribution in [0.25, 0.3) is 0 Å². The molecule has 0 heterocycles. The summed E-state index contributed by atoms with van der Waals surface area (Å²) in [6.45, 7) is 3.46. The van der Waals surface area contributed by atoms with Gasteiger partial charge in [0.05, 0.1) is 5.41 Å². The Bertz CT molecular complexity index is 207. The van der Waals surface area contributed by atoms with Gasteiger partial charge >= 0.3 is 5.97 Å². The second-order valence-corrected chi connectivity index (χ2v) is 4.95. The summed E-state index contributed by atoms with van der Waals surface area (Å²) < 4.78 is 0. The lowest BCUT2D eigenvalue weighted by atomic mass is 9.72. The highest BCUT2D eigenvalue weighted by atomic mass is 16.4. The fourth-order valence-electron chi connectivity index (χ4n) is 2.23.